The van der Waals surface area contributed by atoms with Gasteiger partial charge in [-0.25, -0.2) is 4.39 Å². The molecule has 5 heteroatoms. The highest BCUT2D eigenvalue weighted by molar-refractivity contribution is 6.31. The zero-order valence-corrected chi connectivity index (χ0v) is 10.7. The van der Waals surface area contributed by atoms with Gasteiger partial charge in [-0.3, -0.25) is 4.79 Å². The van der Waals surface area contributed by atoms with E-state index < -0.39 is 0 Å². The molecule has 0 aromatic heterocycles. The molecule has 0 aliphatic heterocycles. The molecule has 0 fully saturated rings. The average molecular weight is 259 g/mol. The Bertz CT molecular complexity index is 410. The quantitative estimate of drug-likeness (QED) is 0.848. The molecule has 0 saturated carbocycles. The molecule has 0 radical (unpaired) electrons. The van der Waals surface area contributed by atoms with E-state index in [1.54, 1.807) is 20.0 Å². The van der Waals surface area contributed by atoms with Crippen LogP contribution < -0.4 is 10.6 Å². The molecule has 1 amide bonds. The first kappa shape index (κ1) is 13.9. The monoisotopic (exact) mass is 258 g/mol. The topological polar surface area (TPSA) is 41.1 Å². The van der Waals surface area contributed by atoms with E-state index in [4.69, 9.17) is 11.6 Å². The fourth-order valence-corrected chi connectivity index (χ4v) is 1.63. The Morgan fingerprint density at radius 3 is 2.82 bits per heavy atom. The van der Waals surface area contributed by atoms with Crippen molar-refractivity contribution < 1.29 is 9.18 Å². The van der Waals surface area contributed by atoms with E-state index >= 15 is 0 Å². The van der Waals surface area contributed by atoms with E-state index in [0.29, 0.717) is 29.1 Å². The molecule has 0 aliphatic carbocycles. The van der Waals surface area contributed by atoms with Gasteiger partial charge >= 0.3 is 0 Å². The standard InChI is InChI=1S/C12H16ClFN2O/c1-8-5-10(13)9(6-11(8)14)7-16-12(17)3-4-15-2/h5-6,15H,3-4,7H2,1-2H3,(H,16,17). The summed E-state index contributed by atoms with van der Waals surface area (Å²) in [5.41, 5.74) is 1.09. The lowest BCUT2D eigenvalue weighted by Gasteiger charge is -2.08. The molecule has 0 bridgehead atoms. The van der Waals surface area contributed by atoms with Crippen LogP contribution in [0, 0.1) is 12.7 Å². The highest BCUT2D eigenvalue weighted by Crippen LogP contribution is 2.20. The predicted molar refractivity (Wildman–Crippen MR) is 66.5 cm³/mol. The predicted octanol–water partition coefficient (Wildman–Crippen LogP) is 2.01. The highest BCUT2D eigenvalue weighted by atomic mass is 35.5. The first-order chi connectivity index (χ1) is 8.04. The van der Waals surface area contributed by atoms with Crippen molar-refractivity contribution in [1.29, 1.82) is 0 Å². The van der Waals surface area contributed by atoms with Crippen LogP contribution >= 0.6 is 11.6 Å². The highest BCUT2D eigenvalue weighted by Gasteiger charge is 2.07. The van der Waals surface area contributed by atoms with E-state index in [2.05, 4.69) is 10.6 Å². The molecule has 0 unspecified atom stereocenters. The van der Waals surface area contributed by atoms with Crippen LogP contribution in [0.15, 0.2) is 12.1 Å². The van der Waals surface area contributed by atoms with Crippen LogP contribution in [0.2, 0.25) is 5.02 Å². The Hall–Kier alpha value is -1.13. The average Bonchev–Trinajstić information content (AvgIpc) is 2.29. The lowest BCUT2D eigenvalue weighted by Crippen LogP contribution is -2.26. The number of aryl methyl sites for hydroxylation is 1. The first-order valence-corrected chi connectivity index (χ1v) is 5.78. The van der Waals surface area contributed by atoms with Gasteiger partial charge in [-0.05, 0) is 37.2 Å². The van der Waals surface area contributed by atoms with Gasteiger partial charge in [0.15, 0.2) is 0 Å². The van der Waals surface area contributed by atoms with Gasteiger partial charge in [0.05, 0.1) is 0 Å². The molecule has 0 spiro atoms. The second-order valence-electron chi connectivity index (χ2n) is 3.82. The summed E-state index contributed by atoms with van der Waals surface area (Å²) < 4.78 is 13.3. The Morgan fingerprint density at radius 2 is 2.18 bits per heavy atom. The fraction of sp³-hybridized carbons (Fsp3) is 0.417. The number of nitrogens with one attached hydrogen (secondary N) is 2. The van der Waals surface area contributed by atoms with Crippen molar-refractivity contribution >= 4 is 17.5 Å². The molecular weight excluding hydrogens is 243 g/mol. The van der Waals surface area contributed by atoms with Gasteiger partial charge in [0.1, 0.15) is 5.82 Å². The number of halogens is 2. The maximum atomic E-state index is 13.3. The van der Waals surface area contributed by atoms with Gasteiger partial charge in [-0.15, -0.1) is 0 Å². The molecule has 94 valence electrons. The van der Waals surface area contributed by atoms with Crippen LogP contribution in [0.5, 0.6) is 0 Å². The number of benzene rings is 1. The van der Waals surface area contributed by atoms with E-state index in [9.17, 15) is 9.18 Å². The third-order valence-corrected chi connectivity index (χ3v) is 2.76. The minimum absolute atomic E-state index is 0.0867. The largest absolute Gasteiger partial charge is 0.352 e. The second-order valence-corrected chi connectivity index (χ2v) is 4.23. The zero-order chi connectivity index (χ0) is 12.8. The van der Waals surface area contributed by atoms with Crippen LogP contribution in [0.25, 0.3) is 0 Å². The molecule has 2 N–H and O–H groups in total. The molecule has 3 nitrogen and oxygen atoms in total. The number of carbonyl (C=O) groups excluding carboxylic acids is 1. The van der Waals surface area contributed by atoms with Crippen LogP contribution in [0.1, 0.15) is 17.5 Å². The second kappa shape index (κ2) is 6.57. The molecule has 1 aromatic carbocycles. The van der Waals surface area contributed by atoms with Gasteiger partial charge in [0.2, 0.25) is 5.91 Å². The number of carbonyl (C=O) groups is 1. The van der Waals surface area contributed by atoms with E-state index in [0.717, 1.165) is 0 Å². The summed E-state index contributed by atoms with van der Waals surface area (Å²) in [6.07, 6.45) is 0.391. The van der Waals surface area contributed by atoms with Crippen LogP contribution in [-0.4, -0.2) is 19.5 Å². The Kier molecular flexibility index (Phi) is 5.38. The van der Waals surface area contributed by atoms with E-state index in [-0.39, 0.29) is 18.3 Å². The summed E-state index contributed by atoms with van der Waals surface area (Å²) in [6, 6.07) is 2.92. The Labute approximate surface area is 105 Å². The summed E-state index contributed by atoms with van der Waals surface area (Å²) in [4.78, 5) is 11.4. The van der Waals surface area contributed by atoms with Crippen molar-refractivity contribution in [3.63, 3.8) is 0 Å². The van der Waals surface area contributed by atoms with Gasteiger partial charge < -0.3 is 10.6 Å². The maximum Gasteiger partial charge on any atom is 0.221 e. The van der Waals surface area contributed by atoms with Crippen molar-refractivity contribution in [3.8, 4) is 0 Å². The van der Waals surface area contributed by atoms with Gasteiger partial charge in [0, 0.05) is 24.5 Å². The minimum Gasteiger partial charge on any atom is -0.352 e. The van der Waals surface area contributed by atoms with Gasteiger partial charge in [-0.1, -0.05) is 11.6 Å². The third-order valence-electron chi connectivity index (χ3n) is 2.41. The fourth-order valence-electron chi connectivity index (χ4n) is 1.34. The lowest BCUT2D eigenvalue weighted by molar-refractivity contribution is -0.121. The molecule has 17 heavy (non-hydrogen) atoms. The number of amides is 1. The molecular formula is C12H16ClFN2O. The van der Waals surface area contributed by atoms with Crippen molar-refractivity contribution in [2.45, 2.75) is 19.9 Å². The number of rotatable bonds is 5. The van der Waals surface area contributed by atoms with Crippen molar-refractivity contribution in [3.05, 3.63) is 34.1 Å². The third kappa shape index (κ3) is 4.32. The normalized spacial score (nSPS) is 10.4. The summed E-state index contributed by atoms with van der Waals surface area (Å²) in [6.45, 7) is 2.51. The molecule has 0 aliphatic rings. The van der Waals surface area contributed by atoms with Crippen molar-refractivity contribution in [2.24, 2.45) is 0 Å². The van der Waals surface area contributed by atoms with Crippen molar-refractivity contribution in [1.82, 2.24) is 10.6 Å². The van der Waals surface area contributed by atoms with Crippen LogP contribution in [0.3, 0.4) is 0 Å². The Morgan fingerprint density at radius 1 is 1.47 bits per heavy atom. The number of hydrogen-bond donors (Lipinski definition) is 2. The molecule has 1 rings (SSSR count). The zero-order valence-electron chi connectivity index (χ0n) is 9.94. The summed E-state index contributed by atoms with van der Waals surface area (Å²) in [5, 5.41) is 6.04. The molecule has 0 saturated heterocycles. The van der Waals surface area contributed by atoms with E-state index in [1.807, 2.05) is 0 Å². The lowest BCUT2D eigenvalue weighted by atomic mass is 10.1. The van der Waals surface area contributed by atoms with Crippen molar-refractivity contribution in [2.75, 3.05) is 13.6 Å². The minimum atomic E-state index is -0.311. The molecule has 1 aromatic rings. The van der Waals surface area contributed by atoms with Gasteiger partial charge in [-0.2, -0.15) is 0 Å². The molecule has 0 heterocycles. The Balaban J connectivity index is 2.57. The van der Waals surface area contributed by atoms with E-state index in [1.165, 1.54) is 6.07 Å². The SMILES string of the molecule is CNCCC(=O)NCc1cc(F)c(C)cc1Cl. The molecule has 0 atom stereocenters. The number of hydrogen-bond acceptors (Lipinski definition) is 2. The summed E-state index contributed by atoms with van der Waals surface area (Å²) >= 11 is 5.96. The van der Waals surface area contributed by atoms with Crippen LogP contribution in [-0.2, 0) is 11.3 Å². The summed E-state index contributed by atoms with van der Waals surface area (Å²) in [5.74, 6) is -0.398. The van der Waals surface area contributed by atoms with Crippen LogP contribution in [0.4, 0.5) is 4.39 Å². The first-order valence-electron chi connectivity index (χ1n) is 5.40. The summed E-state index contributed by atoms with van der Waals surface area (Å²) in [7, 11) is 1.78. The van der Waals surface area contributed by atoms with Gasteiger partial charge in [0.25, 0.3) is 0 Å². The maximum absolute atomic E-state index is 13.3. The smallest absolute Gasteiger partial charge is 0.221 e.